The van der Waals surface area contributed by atoms with Crippen LogP contribution in [0.1, 0.15) is 45.4 Å². The maximum atomic E-state index is 11.0. The molecule has 0 aromatic heterocycles. The van der Waals surface area contributed by atoms with Gasteiger partial charge < -0.3 is 4.74 Å². The van der Waals surface area contributed by atoms with Crippen LogP contribution in [-0.4, -0.2) is 12.1 Å². The van der Waals surface area contributed by atoms with Crippen LogP contribution in [0.2, 0.25) is 0 Å². The average molecular weight is 269 g/mol. The molecular formula is C15H21ClO2. The number of hydrogen-bond acceptors (Lipinski definition) is 2. The zero-order chi connectivity index (χ0) is 13.2. The Morgan fingerprint density at radius 2 is 2.33 bits per heavy atom. The molecule has 0 bridgehead atoms. The van der Waals surface area contributed by atoms with Crippen LogP contribution in [0, 0.1) is 0 Å². The van der Waals surface area contributed by atoms with E-state index >= 15 is 0 Å². The highest BCUT2D eigenvalue weighted by molar-refractivity contribution is 6.25. The van der Waals surface area contributed by atoms with Crippen molar-refractivity contribution in [3.8, 4) is 0 Å². The van der Waals surface area contributed by atoms with Crippen molar-refractivity contribution in [2.24, 2.45) is 0 Å². The predicted molar refractivity (Wildman–Crippen MR) is 75.5 cm³/mol. The molecule has 0 saturated heterocycles. The minimum Gasteiger partial charge on any atom is -0.459 e. The summed E-state index contributed by atoms with van der Waals surface area (Å²) < 4.78 is 5.19. The lowest BCUT2D eigenvalue weighted by atomic mass is 10.1. The van der Waals surface area contributed by atoms with Crippen molar-refractivity contribution in [3.63, 3.8) is 0 Å². The van der Waals surface area contributed by atoms with E-state index in [1.54, 1.807) is 5.54 Å². The summed E-state index contributed by atoms with van der Waals surface area (Å²) in [6.07, 6.45) is 13.9. The second-order valence-corrected chi connectivity index (χ2v) is 4.83. The third-order valence-corrected chi connectivity index (χ3v) is 3.25. The first-order valence-electron chi connectivity index (χ1n) is 6.50. The normalized spacial score (nSPS) is 20.4. The monoisotopic (exact) mass is 268 g/mol. The first kappa shape index (κ1) is 15.0. The van der Waals surface area contributed by atoms with Gasteiger partial charge in [0, 0.05) is 18.0 Å². The number of cyclic esters (lactones) is 1. The maximum Gasteiger partial charge on any atom is 0.330 e. The first-order valence-corrected chi connectivity index (χ1v) is 6.94. The van der Waals surface area contributed by atoms with Crippen molar-refractivity contribution in [2.75, 3.05) is 0 Å². The van der Waals surface area contributed by atoms with Gasteiger partial charge in [-0.2, -0.15) is 0 Å². The number of carbonyl (C=O) groups is 1. The lowest BCUT2D eigenvalue weighted by molar-refractivity contribution is -0.144. The molecule has 1 aliphatic rings. The lowest BCUT2D eigenvalue weighted by Crippen LogP contribution is -2.19. The fourth-order valence-corrected chi connectivity index (χ4v) is 1.90. The number of rotatable bonds is 7. The van der Waals surface area contributed by atoms with Crippen molar-refractivity contribution in [2.45, 2.75) is 51.6 Å². The molecule has 0 fully saturated rings. The van der Waals surface area contributed by atoms with Gasteiger partial charge in [-0.1, -0.05) is 35.4 Å². The number of carbonyl (C=O) groups excluding carboxylic acids is 1. The summed E-state index contributed by atoms with van der Waals surface area (Å²) in [5.41, 5.74) is 2.80. The highest BCUT2D eigenvalue weighted by Gasteiger charge is 2.14. The summed E-state index contributed by atoms with van der Waals surface area (Å²) in [6, 6.07) is 0. The Bertz CT molecular complexity index is 342. The summed E-state index contributed by atoms with van der Waals surface area (Å²) in [7, 11) is 0. The van der Waals surface area contributed by atoms with Crippen molar-refractivity contribution in [3.05, 3.63) is 35.4 Å². The molecule has 1 aliphatic heterocycles. The Hall–Kier alpha value is -1.02. The van der Waals surface area contributed by atoms with Gasteiger partial charge in [-0.15, -0.1) is 0 Å². The summed E-state index contributed by atoms with van der Waals surface area (Å²) >= 11 is 5.57. The summed E-state index contributed by atoms with van der Waals surface area (Å²) in [6.45, 7) is 2.02. The van der Waals surface area contributed by atoms with Gasteiger partial charge in [0.1, 0.15) is 6.10 Å². The summed E-state index contributed by atoms with van der Waals surface area (Å²) in [5, 5.41) is 0. The van der Waals surface area contributed by atoms with Gasteiger partial charge in [-0.25, -0.2) is 4.79 Å². The minimum absolute atomic E-state index is 0.0907. The quantitative estimate of drug-likeness (QED) is 0.386. The van der Waals surface area contributed by atoms with Crippen LogP contribution < -0.4 is 0 Å². The van der Waals surface area contributed by atoms with Crippen LogP contribution >= 0.6 is 11.6 Å². The molecule has 100 valence electrons. The molecule has 0 spiro atoms. The molecule has 0 radical (unpaired) electrons. The van der Waals surface area contributed by atoms with Gasteiger partial charge >= 0.3 is 5.97 Å². The molecule has 1 unspecified atom stereocenters. The molecule has 3 heteroatoms. The van der Waals surface area contributed by atoms with E-state index in [0.29, 0.717) is 0 Å². The van der Waals surface area contributed by atoms with E-state index in [1.165, 1.54) is 11.6 Å². The number of hydrogen-bond donors (Lipinski definition) is 0. The molecule has 0 N–H and O–H groups in total. The maximum absolute atomic E-state index is 11.0. The van der Waals surface area contributed by atoms with Gasteiger partial charge in [0.15, 0.2) is 0 Å². The van der Waals surface area contributed by atoms with Crippen molar-refractivity contribution < 1.29 is 9.53 Å². The Kier molecular flexibility index (Phi) is 7.51. The van der Waals surface area contributed by atoms with Crippen LogP contribution in [0.3, 0.4) is 0 Å². The molecule has 1 heterocycles. The number of ether oxygens (including phenoxy) is 1. The SMILES string of the molecule is CC(=CCl)CC=CCCCCC1CC=CC(=O)O1. The molecule has 0 aromatic rings. The second kappa shape index (κ2) is 8.98. The highest BCUT2D eigenvalue weighted by Crippen LogP contribution is 2.15. The molecule has 0 aliphatic carbocycles. The van der Waals surface area contributed by atoms with Crippen LogP contribution in [0.4, 0.5) is 0 Å². The van der Waals surface area contributed by atoms with Gasteiger partial charge in [0.2, 0.25) is 0 Å². The van der Waals surface area contributed by atoms with Crippen molar-refractivity contribution in [1.82, 2.24) is 0 Å². The number of halogens is 1. The molecular weight excluding hydrogens is 248 g/mol. The smallest absolute Gasteiger partial charge is 0.330 e. The zero-order valence-electron chi connectivity index (χ0n) is 10.9. The largest absolute Gasteiger partial charge is 0.459 e. The number of unbranched alkanes of at least 4 members (excludes halogenated alkanes) is 2. The van der Waals surface area contributed by atoms with Crippen molar-refractivity contribution in [1.29, 1.82) is 0 Å². The number of esters is 1. The Labute approximate surface area is 114 Å². The second-order valence-electron chi connectivity index (χ2n) is 4.61. The van der Waals surface area contributed by atoms with E-state index < -0.39 is 0 Å². The fourth-order valence-electron chi connectivity index (χ4n) is 1.81. The topological polar surface area (TPSA) is 26.3 Å². The average Bonchev–Trinajstić information content (AvgIpc) is 2.37. The third-order valence-electron chi connectivity index (χ3n) is 2.88. The highest BCUT2D eigenvalue weighted by atomic mass is 35.5. The van der Waals surface area contributed by atoms with E-state index in [4.69, 9.17) is 16.3 Å². The molecule has 1 rings (SSSR count). The summed E-state index contributed by atoms with van der Waals surface area (Å²) in [5.74, 6) is -0.200. The van der Waals surface area contributed by atoms with E-state index in [2.05, 4.69) is 12.2 Å². The zero-order valence-corrected chi connectivity index (χ0v) is 11.7. The van der Waals surface area contributed by atoms with Gasteiger partial charge in [-0.3, -0.25) is 0 Å². The van der Waals surface area contributed by atoms with E-state index in [0.717, 1.165) is 38.5 Å². The summed E-state index contributed by atoms with van der Waals surface area (Å²) in [4.78, 5) is 11.0. The molecule has 0 amide bonds. The first-order chi connectivity index (χ1) is 8.72. The van der Waals surface area contributed by atoms with Crippen LogP contribution in [0.15, 0.2) is 35.4 Å². The van der Waals surface area contributed by atoms with Gasteiger partial charge in [-0.05, 0) is 39.0 Å². The Morgan fingerprint density at radius 3 is 3.06 bits per heavy atom. The predicted octanol–water partition coefficient (Wildman–Crippen LogP) is 4.51. The fraction of sp³-hybridized carbons (Fsp3) is 0.533. The standard InChI is InChI=1S/C15H21ClO2/c1-13(12-16)8-5-3-2-4-6-9-14-10-7-11-15(17)18-14/h3,5,7,11-12,14H,2,4,6,8-10H2,1H3. The van der Waals surface area contributed by atoms with Crippen LogP contribution in [0.5, 0.6) is 0 Å². The van der Waals surface area contributed by atoms with Gasteiger partial charge in [0.05, 0.1) is 0 Å². The third kappa shape index (κ3) is 6.65. The van der Waals surface area contributed by atoms with Crippen LogP contribution in [-0.2, 0) is 9.53 Å². The molecule has 1 atom stereocenters. The molecule has 0 saturated carbocycles. The molecule has 18 heavy (non-hydrogen) atoms. The number of allylic oxidation sites excluding steroid dienone is 3. The van der Waals surface area contributed by atoms with E-state index in [9.17, 15) is 4.79 Å². The Balaban J connectivity index is 2.02. The molecule has 2 nitrogen and oxygen atoms in total. The minimum atomic E-state index is -0.200. The molecule has 0 aromatic carbocycles. The Morgan fingerprint density at radius 1 is 1.50 bits per heavy atom. The lowest BCUT2D eigenvalue weighted by Gasteiger charge is -2.18. The van der Waals surface area contributed by atoms with Crippen molar-refractivity contribution >= 4 is 17.6 Å². The van der Waals surface area contributed by atoms with E-state index in [-0.39, 0.29) is 12.1 Å². The van der Waals surface area contributed by atoms with Gasteiger partial charge in [0.25, 0.3) is 0 Å². The van der Waals surface area contributed by atoms with E-state index in [1.807, 2.05) is 13.0 Å². The van der Waals surface area contributed by atoms with Crippen LogP contribution in [0.25, 0.3) is 0 Å².